The van der Waals surface area contributed by atoms with E-state index in [0.717, 1.165) is 32.4 Å². The summed E-state index contributed by atoms with van der Waals surface area (Å²) in [6.07, 6.45) is 4.68. The second kappa shape index (κ2) is 7.67. The molecule has 2 aliphatic rings. The molecule has 0 spiro atoms. The minimum atomic E-state index is 0.573. The molecular weight excluding hydrogens is 316 g/mol. The molecule has 0 bridgehead atoms. The Kier molecular flexibility index (Phi) is 5.12. The van der Waals surface area contributed by atoms with Gasteiger partial charge in [0.2, 0.25) is 0 Å². The molecule has 0 radical (unpaired) electrons. The van der Waals surface area contributed by atoms with Gasteiger partial charge >= 0.3 is 0 Å². The van der Waals surface area contributed by atoms with Gasteiger partial charge in [-0.15, -0.1) is 0 Å². The molecule has 2 aromatic carbocycles. The van der Waals surface area contributed by atoms with E-state index < -0.39 is 0 Å². The van der Waals surface area contributed by atoms with Gasteiger partial charge in [-0.2, -0.15) is 0 Å². The number of nitrogens with one attached hydrogen (secondary N) is 1. The van der Waals surface area contributed by atoms with Crippen molar-refractivity contribution in [3.8, 4) is 0 Å². The van der Waals surface area contributed by atoms with E-state index in [1.54, 1.807) is 0 Å². The van der Waals surface area contributed by atoms with E-state index in [-0.39, 0.29) is 0 Å². The van der Waals surface area contributed by atoms with E-state index in [4.69, 9.17) is 0 Å². The molecule has 0 saturated carbocycles. The molecule has 1 aliphatic heterocycles. The van der Waals surface area contributed by atoms with Crippen LogP contribution in [0.2, 0.25) is 0 Å². The van der Waals surface area contributed by atoms with E-state index in [1.165, 1.54) is 28.8 Å². The van der Waals surface area contributed by atoms with Crippen LogP contribution >= 0.6 is 0 Å². The molecule has 0 amide bonds. The lowest BCUT2D eigenvalue weighted by Gasteiger charge is -2.36. The number of hydrogen-bond acceptors (Lipinski definition) is 2. The highest BCUT2D eigenvalue weighted by molar-refractivity contribution is 5.49. The zero-order valence-electron chi connectivity index (χ0n) is 15.8. The van der Waals surface area contributed by atoms with Gasteiger partial charge in [-0.3, -0.25) is 0 Å². The fourth-order valence-electron chi connectivity index (χ4n) is 4.71. The van der Waals surface area contributed by atoms with Crippen LogP contribution in [-0.2, 0) is 12.8 Å². The Balaban J connectivity index is 1.49. The van der Waals surface area contributed by atoms with Gasteiger partial charge in [0.05, 0.1) is 0 Å². The van der Waals surface area contributed by atoms with Crippen LogP contribution in [0.4, 0.5) is 5.69 Å². The number of rotatable bonds is 5. The Morgan fingerprint density at radius 2 is 1.62 bits per heavy atom. The lowest BCUT2D eigenvalue weighted by Crippen LogP contribution is -2.45. The highest BCUT2D eigenvalue weighted by Gasteiger charge is 2.29. The average molecular weight is 347 g/mol. The molecule has 1 aliphatic carbocycles. The molecule has 2 heteroatoms. The fourth-order valence-corrected chi connectivity index (χ4v) is 4.71. The second-order valence-corrected chi connectivity index (χ2v) is 8.07. The third-order valence-corrected chi connectivity index (χ3v) is 6.15. The van der Waals surface area contributed by atoms with Gasteiger partial charge in [0.15, 0.2) is 0 Å². The Morgan fingerprint density at radius 3 is 2.27 bits per heavy atom. The molecular formula is C24H30N2. The Morgan fingerprint density at radius 1 is 0.962 bits per heavy atom. The number of piperidine rings is 1. The van der Waals surface area contributed by atoms with E-state index in [2.05, 4.69) is 78.3 Å². The highest BCUT2D eigenvalue weighted by atomic mass is 15.2. The van der Waals surface area contributed by atoms with Crippen molar-refractivity contribution in [3.63, 3.8) is 0 Å². The molecule has 136 valence electrons. The first kappa shape index (κ1) is 17.4. The predicted octanol–water partition coefficient (Wildman–Crippen LogP) is 4.60. The van der Waals surface area contributed by atoms with Gasteiger partial charge in [-0.05, 0) is 54.9 Å². The van der Waals surface area contributed by atoms with Crippen LogP contribution < -0.4 is 10.2 Å². The molecule has 0 aromatic heterocycles. The van der Waals surface area contributed by atoms with Crippen molar-refractivity contribution in [3.05, 3.63) is 77.9 Å². The summed E-state index contributed by atoms with van der Waals surface area (Å²) in [5.41, 5.74) is 5.76. The molecule has 1 N–H and O–H groups in total. The number of para-hydroxylation sites is 1. The van der Waals surface area contributed by atoms with Crippen LogP contribution in [0, 0.1) is 5.92 Å². The van der Waals surface area contributed by atoms with Crippen LogP contribution in [0.25, 0.3) is 0 Å². The summed E-state index contributed by atoms with van der Waals surface area (Å²) in [4.78, 5) is 2.65. The topological polar surface area (TPSA) is 15.3 Å². The third-order valence-electron chi connectivity index (χ3n) is 6.15. The SMILES string of the molecule is C=C1CNC(CCN(c2ccccc2)C2Cc3ccccc3C2)C(C)C1. The molecule has 1 heterocycles. The van der Waals surface area contributed by atoms with Crippen molar-refractivity contribution >= 4 is 5.69 Å². The van der Waals surface area contributed by atoms with Gasteiger partial charge in [0, 0.05) is 30.9 Å². The highest BCUT2D eigenvalue weighted by Crippen LogP contribution is 2.30. The van der Waals surface area contributed by atoms with Crippen LogP contribution in [0.3, 0.4) is 0 Å². The van der Waals surface area contributed by atoms with E-state index >= 15 is 0 Å². The van der Waals surface area contributed by atoms with Crippen molar-refractivity contribution in [1.29, 1.82) is 0 Å². The molecule has 2 unspecified atom stereocenters. The zero-order chi connectivity index (χ0) is 17.9. The Bertz CT molecular complexity index is 727. The summed E-state index contributed by atoms with van der Waals surface area (Å²) in [5, 5.41) is 3.71. The summed E-state index contributed by atoms with van der Waals surface area (Å²) >= 11 is 0. The standard InChI is InChI=1S/C24H30N2/c1-18-14-19(2)24(25-17-18)12-13-26(22-10-4-3-5-11-22)23-15-20-8-6-7-9-21(20)16-23/h3-11,19,23-25H,1,12-17H2,2H3. The first-order chi connectivity index (χ1) is 12.7. The average Bonchev–Trinajstić information content (AvgIpc) is 3.08. The maximum atomic E-state index is 4.15. The smallest absolute Gasteiger partial charge is 0.0370 e. The molecule has 2 nitrogen and oxygen atoms in total. The Labute approximate surface area is 157 Å². The molecule has 4 rings (SSSR count). The summed E-state index contributed by atoms with van der Waals surface area (Å²) in [6, 6.07) is 21.1. The van der Waals surface area contributed by atoms with Gasteiger partial charge < -0.3 is 10.2 Å². The second-order valence-electron chi connectivity index (χ2n) is 8.07. The molecule has 26 heavy (non-hydrogen) atoms. The zero-order valence-corrected chi connectivity index (χ0v) is 15.8. The van der Waals surface area contributed by atoms with E-state index in [0.29, 0.717) is 18.0 Å². The van der Waals surface area contributed by atoms with Gasteiger partial charge in [-0.1, -0.05) is 61.5 Å². The third kappa shape index (κ3) is 3.71. The van der Waals surface area contributed by atoms with Gasteiger partial charge in [-0.25, -0.2) is 0 Å². The quantitative estimate of drug-likeness (QED) is 0.796. The number of nitrogens with zero attached hydrogens (tertiary/aromatic N) is 1. The fraction of sp³-hybridized carbons (Fsp3) is 0.417. The maximum Gasteiger partial charge on any atom is 0.0370 e. The number of hydrogen-bond donors (Lipinski definition) is 1. The van der Waals surface area contributed by atoms with Crippen molar-refractivity contribution in [2.24, 2.45) is 5.92 Å². The van der Waals surface area contributed by atoms with E-state index in [9.17, 15) is 0 Å². The van der Waals surface area contributed by atoms with Crippen LogP contribution in [0.5, 0.6) is 0 Å². The monoisotopic (exact) mass is 346 g/mol. The molecule has 1 saturated heterocycles. The first-order valence-corrected chi connectivity index (χ1v) is 9.99. The van der Waals surface area contributed by atoms with Gasteiger partial charge in [0.25, 0.3) is 0 Å². The maximum absolute atomic E-state index is 4.15. The van der Waals surface area contributed by atoms with Crippen molar-refractivity contribution < 1.29 is 0 Å². The molecule has 2 atom stereocenters. The number of benzene rings is 2. The van der Waals surface area contributed by atoms with Crippen molar-refractivity contribution in [1.82, 2.24) is 5.32 Å². The normalized spacial score (nSPS) is 23.0. The summed E-state index contributed by atoms with van der Waals surface area (Å²) in [7, 11) is 0. The summed E-state index contributed by atoms with van der Waals surface area (Å²) in [6.45, 7) is 8.61. The molecule has 1 fully saturated rings. The largest absolute Gasteiger partial charge is 0.368 e. The van der Waals surface area contributed by atoms with Crippen LogP contribution in [0.1, 0.15) is 30.9 Å². The minimum absolute atomic E-state index is 0.573. The van der Waals surface area contributed by atoms with Gasteiger partial charge in [0.1, 0.15) is 0 Å². The van der Waals surface area contributed by atoms with Crippen molar-refractivity contribution in [2.45, 2.75) is 44.7 Å². The summed E-state index contributed by atoms with van der Waals surface area (Å²) < 4.78 is 0. The number of anilines is 1. The summed E-state index contributed by atoms with van der Waals surface area (Å²) in [5.74, 6) is 0.676. The lowest BCUT2D eigenvalue weighted by atomic mass is 9.88. The predicted molar refractivity (Wildman–Crippen MR) is 111 cm³/mol. The van der Waals surface area contributed by atoms with Crippen molar-refractivity contribution in [2.75, 3.05) is 18.0 Å². The number of fused-ring (bicyclic) bond motifs is 1. The first-order valence-electron chi connectivity index (χ1n) is 9.99. The van der Waals surface area contributed by atoms with Crippen LogP contribution in [-0.4, -0.2) is 25.2 Å². The van der Waals surface area contributed by atoms with E-state index in [1.807, 2.05) is 0 Å². The minimum Gasteiger partial charge on any atom is -0.368 e. The lowest BCUT2D eigenvalue weighted by molar-refractivity contribution is 0.327. The molecule has 2 aromatic rings. The van der Waals surface area contributed by atoms with Crippen LogP contribution in [0.15, 0.2) is 66.7 Å². The Hall–Kier alpha value is -2.06.